The molecule has 1 saturated carbocycles. The van der Waals surface area contributed by atoms with Crippen LogP contribution in [0.5, 0.6) is 5.75 Å². The highest BCUT2D eigenvalue weighted by Gasteiger charge is 2.20. The van der Waals surface area contributed by atoms with E-state index >= 15 is 0 Å². The summed E-state index contributed by atoms with van der Waals surface area (Å²) >= 11 is 0. The zero-order valence-electron chi connectivity index (χ0n) is 11.8. The molecule has 1 aliphatic carbocycles. The van der Waals surface area contributed by atoms with Crippen LogP contribution in [-0.2, 0) is 5.41 Å². The third-order valence-corrected chi connectivity index (χ3v) is 3.74. The van der Waals surface area contributed by atoms with Gasteiger partial charge < -0.3 is 10.5 Å². The molecule has 0 heterocycles. The maximum Gasteiger partial charge on any atom is 0.119 e. The van der Waals surface area contributed by atoms with Gasteiger partial charge in [-0.25, -0.2) is 0 Å². The summed E-state index contributed by atoms with van der Waals surface area (Å²) in [6.45, 7) is 6.68. The molecule has 1 aromatic rings. The molecular formula is C16H25NO. The van der Waals surface area contributed by atoms with E-state index in [1.807, 2.05) is 0 Å². The van der Waals surface area contributed by atoms with Crippen LogP contribution in [0.1, 0.15) is 52.0 Å². The van der Waals surface area contributed by atoms with Gasteiger partial charge in [0, 0.05) is 6.04 Å². The number of ether oxygens (including phenoxy) is 1. The molecule has 100 valence electrons. The van der Waals surface area contributed by atoms with Crippen LogP contribution < -0.4 is 10.5 Å². The molecule has 1 aliphatic rings. The molecule has 18 heavy (non-hydrogen) atoms. The quantitative estimate of drug-likeness (QED) is 0.866. The summed E-state index contributed by atoms with van der Waals surface area (Å²) < 4.78 is 6.02. The van der Waals surface area contributed by atoms with E-state index in [2.05, 4.69) is 45.0 Å². The van der Waals surface area contributed by atoms with Crippen LogP contribution >= 0.6 is 0 Å². The molecular weight excluding hydrogens is 222 g/mol. The van der Waals surface area contributed by atoms with Crippen LogP contribution in [0.3, 0.4) is 0 Å². The van der Waals surface area contributed by atoms with Gasteiger partial charge in [0.05, 0.1) is 6.10 Å². The van der Waals surface area contributed by atoms with Gasteiger partial charge in [-0.15, -0.1) is 0 Å². The third-order valence-electron chi connectivity index (χ3n) is 3.74. The second kappa shape index (κ2) is 5.31. The fourth-order valence-corrected chi connectivity index (χ4v) is 2.43. The van der Waals surface area contributed by atoms with E-state index in [-0.39, 0.29) is 5.41 Å². The Hall–Kier alpha value is -1.02. The van der Waals surface area contributed by atoms with Crippen molar-refractivity contribution in [1.29, 1.82) is 0 Å². The number of hydrogen-bond donors (Lipinski definition) is 1. The molecule has 2 rings (SSSR count). The van der Waals surface area contributed by atoms with Crippen molar-refractivity contribution in [2.75, 3.05) is 0 Å². The van der Waals surface area contributed by atoms with Crippen molar-refractivity contribution >= 4 is 0 Å². The van der Waals surface area contributed by atoms with Gasteiger partial charge in [0.25, 0.3) is 0 Å². The first kappa shape index (κ1) is 13.4. The minimum absolute atomic E-state index is 0.205. The Morgan fingerprint density at radius 1 is 1.00 bits per heavy atom. The number of hydrogen-bond acceptors (Lipinski definition) is 2. The molecule has 2 heteroatoms. The molecule has 0 saturated heterocycles. The van der Waals surface area contributed by atoms with Crippen molar-refractivity contribution in [2.45, 2.75) is 64.0 Å². The fourth-order valence-electron chi connectivity index (χ4n) is 2.43. The first-order valence-corrected chi connectivity index (χ1v) is 6.98. The van der Waals surface area contributed by atoms with E-state index in [0.717, 1.165) is 31.4 Å². The zero-order valence-corrected chi connectivity index (χ0v) is 11.8. The number of nitrogens with two attached hydrogens (primary N) is 1. The molecule has 0 spiro atoms. The summed E-state index contributed by atoms with van der Waals surface area (Å²) in [4.78, 5) is 0. The lowest BCUT2D eigenvalue weighted by Crippen LogP contribution is -2.31. The first-order valence-electron chi connectivity index (χ1n) is 6.98. The monoisotopic (exact) mass is 247 g/mol. The molecule has 0 unspecified atom stereocenters. The summed E-state index contributed by atoms with van der Waals surface area (Å²) in [6, 6.07) is 8.91. The number of rotatable bonds is 2. The van der Waals surface area contributed by atoms with Gasteiger partial charge in [-0.3, -0.25) is 0 Å². The Morgan fingerprint density at radius 3 is 2.06 bits per heavy atom. The molecule has 0 amide bonds. The molecule has 0 atom stereocenters. The maximum atomic E-state index is 6.02. The van der Waals surface area contributed by atoms with Gasteiger partial charge in [-0.05, 0) is 48.8 Å². The highest BCUT2D eigenvalue weighted by molar-refractivity contribution is 5.31. The highest BCUT2D eigenvalue weighted by Crippen LogP contribution is 2.27. The normalized spacial score (nSPS) is 24.9. The minimum atomic E-state index is 0.205. The Kier molecular flexibility index (Phi) is 3.96. The van der Waals surface area contributed by atoms with Crippen LogP contribution in [-0.4, -0.2) is 12.1 Å². The van der Waals surface area contributed by atoms with Crippen LogP contribution in [0, 0.1) is 0 Å². The van der Waals surface area contributed by atoms with E-state index < -0.39 is 0 Å². The number of benzene rings is 1. The zero-order chi connectivity index (χ0) is 13.2. The van der Waals surface area contributed by atoms with Crippen molar-refractivity contribution in [3.63, 3.8) is 0 Å². The van der Waals surface area contributed by atoms with Crippen molar-refractivity contribution < 1.29 is 4.74 Å². The molecule has 1 aromatic carbocycles. The largest absolute Gasteiger partial charge is 0.490 e. The Morgan fingerprint density at radius 2 is 1.56 bits per heavy atom. The summed E-state index contributed by atoms with van der Waals surface area (Å²) in [6.07, 6.45) is 4.70. The van der Waals surface area contributed by atoms with Crippen molar-refractivity contribution in [1.82, 2.24) is 0 Å². The summed E-state index contributed by atoms with van der Waals surface area (Å²) in [5, 5.41) is 0. The van der Waals surface area contributed by atoms with Crippen molar-refractivity contribution in [2.24, 2.45) is 5.73 Å². The topological polar surface area (TPSA) is 35.2 Å². The standard InChI is InChI=1S/C16H25NO/c1-16(2,3)12-4-8-14(9-5-12)18-15-10-6-13(17)7-11-15/h4-5,8-9,13,15H,6-7,10-11,17H2,1-3H3. The highest BCUT2D eigenvalue weighted by atomic mass is 16.5. The smallest absolute Gasteiger partial charge is 0.119 e. The van der Waals surface area contributed by atoms with Crippen LogP contribution in [0.25, 0.3) is 0 Å². The third kappa shape index (κ3) is 3.49. The maximum absolute atomic E-state index is 6.02. The Bertz CT molecular complexity index is 369. The van der Waals surface area contributed by atoms with Gasteiger partial charge in [-0.1, -0.05) is 32.9 Å². The Balaban J connectivity index is 1.94. The molecule has 0 aromatic heterocycles. The first-order chi connectivity index (χ1) is 8.45. The van der Waals surface area contributed by atoms with E-state index in [4.69, 9.17) is 10.5 Å². The summed E-state index contributed by atoms with van der Waals surface area (Å²) in [7, 11) is 0. The molecule has 2 nitrogen and oxygen atoms in total. The van der Waals surface area contributed by atoms with E-state index in [1.54, 1.807) is 0 Å². The lowest BCUT2D eigenvalue weighted by molar-refractivity contribution is 0.147. The van der Waals surface area contributed by atoms with Crippen LogP contribution in [0.15, 0.2) is 24.3 Å². The average Bonchev–Trinajstić information content (AvgIpc) is 2.32. The lowest BCUT2D eigenvalue weighted by atomic mass is 9.87. The molecule has 0 radical (unpaired) electrons. The molecule has 1 fully saturated rings. The van der Waals surface area contributed by atoms with E-state index in [9.17, 15) is 0 Å². The average molecular weight is 247 g/mol. The van der Waals surface area contributed by atoms with Gasteiger partial charge in [0.2, 0.25) is 0 Å². The van der Waals surface area contributed by atoms with E-state index in [0.29, 0.717) is 12.1 Å². The fraction of sp³-hybridized carbons (Fsp3) is 0.625. The minimum Gasteiger partial charge on any atom is -0.490 e. The summed E-state index contributed by atoms with van der Waals surface area (Å²) in [5.41, 5.74) is 7.45. The summed E-state index contributed by atoms with van der Waals surface area (Å²) in [5.74, 6) is 0.989. The van der Waals surface area contributed by atoms with Crippen LogP contribution in [0.4, 0.5) is 0 Å². The Labute approximate surface area is 111 Å². The van der Waals surface area contributed by atoms with Gasteiger partial charge in [0.1, 0.15) is 5.75 Å². The van der Waals surface area contributed by atoms with Crippen LogP contribution in [0.2, 0.25) is 0 Å². The lowest BCUT2D eigenvalue weighted by Gasteiger charge is -2.27. The second-order valence-electron chi connectivity index (χ2n) is 6.43. The van der Waals surface area contributed by atoms with E-state index in [1.165, 1.54) is 5.56 Å². The van der Waals surface area contributed by atoms with Gasteiger partial charge in [-0.2, -0.15) is 0 Å². The molecule has 0 aliphatic heterocycles. The van der Waals surface area contributed by atoms with Gasteiger partial charge >= 0.3 is 0 Å². The van der Waals surface area contributed by atoms with Crippen molar-refractivity contribution in [3.8, 4) is 5.75 Å². The predicted molar refractivity (Wildman–Crippen MR) is 76.0 cm³/mol. The van der Waals surface area contributed by atoms with Gasteiger partial charge in [0.15, 0.2) is 0 Å². The molecule has 0 bridgehead atoms. The van der Waals surface area contributed by atoms with Crippen molar-refractivity contribution in [3.05, 3.63) is 29.8 Å². The SMILES string of the molecule is CC(C)(C)c1ccc(OC2CCC(N)CC2)cc1. The molecule has 2 N–H and O–H groups in total. The second-order valence-corrected chi connectivity index (χ2v) is 6.43. The predicted octanol–water partition coefficient (Wildman–Crippen LogP) is 3.63.